The first-order chi connectivity index (χ1) is 5.33. The Labute approximate surface area is 69.5 Å². The first-order valence-electron chi connectivity index (χ1n) is 4.69. The summed E-state index contributed by atoms with van der Waals surface area (Å²) in [6.45, 7) is 6.07. The lowest BCUT2D eigenvalue weighted by molar-refractivity contribution is -0.129. The van der Waals surface area contributed by atoms with E-state index in [1.165, 1.54) is 19.3 Å². The summed E-state index contributed by atoms with van der Waals surface area (Å²) in [6.07, 6.45) is 3.86. The third kappa shape index (κ3) is 1.42. The maximum absolute atomic E-state index is 5.61. The van der Waals surface area contributed by atoms with Gasteiger partial charge in [-0.2, -0.15) is 0 Å². The molecule has 1 saturated heterocycles. The van der Waals surface area contributed by atoms with Crippen LogP contribution in [0.4, 0.5) is 0 Å². The van der Waals surface area contributed by atoms with Crippen LogP contribution < -0.4 is 0 Å². The predicted octanol–water partition coefficient (Wildman–Crippen LogP) is 1.85. The molecule has 1 heterocycles. The van der Waals surface area contributed by atoms with E-state index in [0.717, 1.165) is 13.2 Å². The van der Waals surface area contributed by atoms with Crippen molar-refractivity contribution in [2.45, 2.75) is 38.8 Å². The summed E-state index contributed by atoms with van der Waals surface area (Å²) in [5.74, 6) is 0. The average molecular weight is 157 g/mol. The van der Waals surface area contributed by atoms with Gasteiger partial charge in [0.2, 0.25) is 0 Å². The molecule has 0 N–H and O–H groups in total. The van der Waals surface area contributed by atoms with Crippen molar-refractivity contribution < 1.29 is 4.74 Å². The van der Waals surface area contributed by atoms with Crippen molar-refractivity contribution in [2.75, 3.05) is 20.2 Å². The highest BCUT2D eigenvalue weighted by Crippen LogP contribution is 2.40. The first-order valence-corrected chi connectivity index (χ1v) is 4.69. The molecular weight excluding hydrogens is 138 g/mol. The molecule has 1 saturated carbocycles. The highest BCUT2D eigenvalue weighted by Gasteiger charge is 2.44. The third-order valence-corrected chi connectivity index (χ3v) is 2.63. The maximum atomic E-state index is 5.61. The van der Waals surface area contributed by atoms with Crippen molar-refractivity contribution in [2.24, 2.45) is 0 Å². The van der Waals surface area contributed by atoms with E-state index >= 15 is 0 Å². The van der Waals surface area contributed by atoms with Crippen LogP contribution >= 0.6 is 0 Å². The molecule has 2 rings (SSSR count). The Morgan fingerprint density at radius 1 is 1.27 bits per heavy atom. The molecule has 2 nitrogen and oxygen atoms in total. The van der Waals surface area contributed by atoms with Crippen LogP contribution in [0.5, 0.6) is 0 Å². The Bertz CT molecular complexity index is 121. The number of ether oxygens (including phenoxy) is 1. The van der Waals surface area contributed by atoms with Crippen LogP contribution in [0.15, 0.2) is 0 Å². The molecule has 66 valence electrons. The lowest BCUT2D eigenvalue weighted by Gasteiger charge is -2.42. The molecule has 0 unspecified atom stereocenters. The Kier molecular flexibility index (Phi) is 2.90. The number of likely N-dealkylation sites (N-methyl/N-ethyl adjacent to an activating group) is 1. The molecule has 0 atom stereocenters. The van der Waals surface area contributed by atoms with Gasteiger partial charge in [0.25, 0.3) is 0 Å². The molecular formula is C9H19NO. The predicted molar refractivity (Wildman–Crippen MR) is 46.5 cm³/mol. The topological polar surface area (TPSA) is 12.5 Å². The molecule has 0 bridgehead atoms. The van der Waals surface area contributed by atoms with E-state index in [2.05, 4.69) is 11.9 Å². The lowest BCUT2D eigenvalue weighted by Crippen LogP contribution is -2.48. The van der Waals surface area contributed by atoms with Crippen LogP contribution in [0.25, 0.3) is 0 Å². The summed E-state index contributed by atoms with van der Waals surface area (Å²) in [7, 11) is 2.16. The van der Waals surface area contributed by atoms with Gasteiger partial charge in [-0.25, -0.2) is 0 Å². The molecule has 0 radical (unpaired) electrons. The summed E-state index contributed by atoms with van der Waals surface area (Å²) in [4.78, 5) is 2.34. The Hall–Kier alpha value is -0.0800. The summed E-state index contributed by atoms with van der Waals surface area (Å²) in [6, 6.07) is 0. The van der Waals surface area contributed by atoms with Gasteiger partial charge in [-0.1, -0.05) is 13.8 Å². The van der Waals surface area contributed by atoms with Crippen LogP contribution in [-0.4, -0.2) is 30.8 Å². The Balaban J connectivity index is 0.000000281. The summed E-state index contributed by atoms with van der Waals surface area (Å²) >= 11 is 0. The second-order valence-electron chi connectivity index (χ2n) is 3.07. The molecule has 0 aromatic rings. The zero-order valence-corrected chi connectivity index (χ0v) is 7.89. The molecule has 1 aliphatic heterocycles. The maximum Gasteiger partial charge on any atom is 0.121 e. The van der Waals surface area contributed by atoms with Crippen molar-refractivity contribution in [3.05, 3.63) is 0 Å². The summed E-state index contributed by atoms with van der Waals surface area (Å²) in [5, 5.41) is 0. The van der Waals surface area contributed by atoms with Crippen LogP contribution in [-0.2, 0) is 4.74 Å². The first kappa shape index (κ1) is 9.01. The quantitative estimate of drug-likeness (QED) is 0.532. The minimum Gasteiger partial charge on any atom is -0.359 e. The fourth-order valence-electron chi connectivity index (χ4n) is 1.69. The van der Waals surface area contributed by atoms with Crippen molar-refractivity contribution in [3.63, 3.8) is 0 Å². The van der Waals surface area contributed by atoms with Crippen molar-refractivity contribution in [1.29, 1.82) is 0 Å². The molecule has 0 amide bonds. The van der Waals surface area contributed by atoms with Gasteiger partial charge < -0.3 is 4.74 Å². The molecule has 1 spiro atoms. The molecule has 2 heteroatoms. The average Bonchev–Trinajstić information content (AvgIpc) is 2.34. The lowest BCUT2D eigenvalue weighted by atomic mass is 9.87. The van der Waals surface area contributed by atoms with E-state index in [-0.39, 0.29) is 5.72 Å². The van der Waals surface area contributed by atoms with Crippen molar-refractivity contribution in [3.8, 4) is 0 Å². The van der Waals surface area contributed by atoms with E-state index in [9.17, 15) is 0 Å². The van der Waals surface area contributed by atoms with Crippen LogP contribution in [0.3, 0.4) is 0 Å². The van der Waals surface area contributed by atoms with Gasteiger partial charge in [0.15, 0.2) is 0 Å². The second kappa shape index (κ2) is 3.55. The largest absolute Gasteiger partial charge is 0.359 e. The van der Waals surface area contributed by atoms with Gasteiger partial charge in [-0.05, 0) is 26.3 Å². The fraction of sp³-hybridized carbons (Fsp3) is 1.00. The number of rotatable bonds is 0. The monoisotopic (exact) mass is 157 g/mol. The number of hydrogen-bond donors (Lipinski definition) is 0. The van der Waals surface area contributed by atoms with Gasteiger partial charge in [0.1, 0.15) is 5.72 Å². The molecule has 1 aliphatic carbocycles. The highest BCUT2D eigenvalue weighted by molar-refractivity contribution is 4.91. The van der Waals surface area contributed by atoms with Crippen molar-refractivity contribution in [1.82, 2.24) is 4.90 Å². The van der Waals surface area contributed by atoms with Gasteiger partial charge in [0.05, 0.1) is 6.61 Å². The van der Waals surface area contributed by atoms with E-state index in [1.807, 2.05) is 13.8 Å². The number of nitrogens with zero attached hydrogens (tertiary/aromatic N) is 1. The molecule has 2 fully saturated rings. The van der Waals surface area contributed by atoms with Gasteiger partial charge in [0, 0.05) is 6.54 Å². The SMILES string of the molecule is CC.CN1CCOC12CCC2. The van der Waals surface area contributed by atoms with Crippen LogP contribution in [0, 0.1) is 0 Å². The van der Waals surface area contributed by atoms with E-state index < -0.39 is 0 Å². The van der Waals surface area contributed by atoms with Crippen LogP contribution in [0.2, 0.25) is 0 Å². The molecule has 11 heavy (non-hydrogen) atoms. The second-order valence-corrected chi connectivity index (χ2v) is 3.07. The van der Waals surface area contributed by atoms with Gasteiger partial charge in [-0.3, -0.25) is 4.90 Å². The normalized spacial score (nSPS) is 27.5. The summed E-state index contributed by atoms with van der Waals surface area (Å²) in [5.41, 5.74) is 0.208. The van der Waals surface area contributed by atoms with E-state index in [4.69, 9.17) is 4.74 Å². The molecule has 2 aliphatic rings. The smallest absolute Gasteiger partial charge is 0.121 e. The molecule has 0 aromatic carbocycles. The minimum absolute atomic E-state index is 0.208. The number of hydrogen-bond acceptors (Lipinski definition) is 2. The van der Waals surface area contributed by atoms with Crippen LogP contribution in [0.1, 0.15) is 33.1 Å². The van der Waals surface area contributed by atoms with E-state index in [0.29, 0.717) is 0 Å². The third-order valence-electron chi connectivity index (χ3n) is 2.63. The molecule has 0 aromatic heterocycles. The Morgan fingerprint density at radius 3 is 2.09 bits per heavy atom. The zero-order chi connectivity index (χ0) is 8.32. The Morgan fingerprint density at radius 2 is 1.91 bits per heavy atom. The highest BCUT2D eigenvalue weighted by atomic mass is 16.5. The van der Waals surface area contributed by atoms with Crippen molar-refractivity contribution >= 4 is 0 Å². The zero-order valence-electron chi connectivity index (χ0n) is 7.89. The minimum atomic E-state index is 0.208. The van der Waals surface area contributed by atoms with Gasteiger partial charge in [-0.15, -0.1) is 0 Å². The van der Waals surface area contributed by atoms with E-state index in [1.54, 1.807) is 0 Å². The summed E-state index contributed by atoms with van der Waals surface area (Å²) < 4.78 is 5.61. The fourth-order valence-corrected chi connectivity index (χ4v) is 1.69. The standard InChI is InChI=1S/C7H13NO.C2H6/c1-8-5-6-9-7(8)3-2-4-7;1-2/h2-6H2,1H3;1-2H3. The van der Waals surface area contributed by atoms with Gasteiger partial charge >= 0.3 is 0 Å².